The Hall–Kier alpha value is -1.09. The van der Waals surface area contributed by atoms with Crippen LogP contribution in [0.4, 0.5) is 5.69 Å². The van der Waals surface area contributed by atoms with E-state index in [1.165, 1.54) is 24.1 Å². The quantitative estimate of drug-likeness (QED) is 0.874. The molecule has 1 aliphatic heterocycles. The molecule has 2 N–H and O–H groups in total. The van der Waals surface area contributed by atoms with Crippen LogP contribution >= 0.6 is 0 Å². The summed E-state index contributed by atoms with van der Waals surface area (Å²) in [5, 5.41) is 0. The summed E-state index contributed by atoms with van der Waals surface area (Å²) in [5.41, 5.74) is 11.1. The second-order valence-electron chi connectivity index (χ2n) is 6.20. The van der Waals surface area contributed by atoms with E-state index < -0.39 is 0 Å². The minimum atomic E-state index is 0.483. The third-order valence-electron chi connectivity index (χ3n) is 4.10. The van der Waals surface area contributed by atoms with Gasteiger partial charge < -0.3 is 10.6 Å². The van der Waals surface area contributed by atoms with Crippen LogP contribution in [0, 0.1) is 19.3 Å². The second-order valence-corrected chi connectivity index (χ2v) is 6.20. The van der Waals surface area contributed by atoms with E-state index in [4.69, 9.17) is 5.73 Å². The first-order valence-electron chi connectivity index (χ1n) is 6.85. The second kappa shape index (κ2) is 4.88. The van der Waals surface area contributed by atoms with Crippen molar-refractivity contribution in [3.63, 3.8) is 0 Å². The fraction of sp³-hybridized carbons (Fsp3) is 0.667. The molecule has 1 aromatic rings. The number of aryl methyl sites for hydroxylation is 2. The number of piperidine rings is 1. The lowest BCUT2D eigenvalue weighted by molar-refractivity contribution is 0.279. The van der Waals surface area contributed by atoms with Gasteiger partial charge in [0.05, 0.1) is 0 Å². The number of nitrogens with two attached hydrogens (primary N) is 1. The monoisotopic (exact) mass is 247 g/mol. The Bertz CT molecular complexity index is 428. The molecule has 0 saturated carbocycles. The lowest BCUT2D eigenvalue weighted by Crippen LogP contribution is -2.38. The van der Waals surface area contributed by atoms with Crippen molar-refractivity contribution in [2.75, 3.05) is 18.0 Å². The van der Waals surface area contributed by atoms with E-state index >= 15 is 0 Å². The number of anilines is 1. The molecule has 0 amide bonds. The van der Waals surface area contributed by atoms with Crippen LogP contribution in [-0.4, -0.2) is 18.1 Å². The van der Waals surface area contributed by atoms with Gasteiger partial charge in [-0.3, -0.25) is 4.98 Å². The van der Waals surface area contributed by atoms with Crippen LogP contribution in [0.3, 0.4) is 0 Å². The van der Waals surface area contributed by atoms with Gasteiger partial charge in [0, 0.05) is 42.3 Å². The van der Waals surface area contributed by atoms with Crippen molar-refractivity contribution in [1.82, 2.24) is 4.98 Å². The lowest BCUT2D eigenvalue weighted by Gasteiger charge is -2.39. The molecule has 1 fully saturated rings. The number of nitrogens with zero attached hydrogens (tertiary/aromatic N) is 2. The summed E-state index contributed by atoms with van der Waals surface area (Å²) in [6, 6.07) is 2.19. The van der Waals surface area contributed by atoms with Gasteiger partial charge in [0.15, 0.2) is 0 Å². The molecule has 0 aromatic carbocycles. The highest BCUT2D eigenvalue weighted by Gasteiger charge is 2.26. The third kappa shape index (κ3) is 2.66. The Labute approximate surface area is 110 Å². The third-order valence-corrected chi connectivity index (χ3v) is 4.10. The zero-order valence-electron chi connectivity index (χ0n) is 12.1. The summed E-state index contributed by atoms with van der Waals surface area (Å²) in [6.07, 6.45) is 2.49. The average Bonchev–Trinajstić information content (AvgIpc) is 2.28. The number of rotatable bonds is 2. The molecule has 1 aromatic heterocycles. The average molecular weight is 247 g/mol. The van der Waals surface area contributed by atoms with Gasteiger partial charge in [-0.2, -0.15) is 0 Å². The van der Waals surface area contributed by atoms with Gasteiger partial charge in [0.1, 0.15) is 0 Å². The predicted octanol–water partition coefficient (Wildman–Crippen LogP) is 2.78. The number of hydrogen-bond donors (Lipinski definition) is 1. The summed E-state index contributed by atoms with van der Waals surface area (Å²) in [6.45, 7) is 11.7. The van der Waals surface area contributed by atoms with Crippen molar-refractivity contribution in [3.8, 4) is 0 Å². The molecule has 0 radical (unpaired) electrons. The standard InChI is InChI=1S/C15H25N3/c1-11-9-14(13(10-16)12(2)17-11)18-7-5-15(3,4)6-8-18/h9H,5-8,10,16H2,1-4H3. The van der Waals surface area contributed by atoms with Crippen LogP contribution in [-0.2, 0) is 6.54 Å². The number of pyridine rings is 1. The van der Waals surface area contributed by atoms with E-state index in [0.29, 0.717) is 12.0 Å². The summed E-state index contributed by atoms with van der Waals surface area (Å²) in [7, 11) is 0. The number of aromatic nitrogens is 1. The van der Waals surface area contributed by atoms with Crippen molar-refractivity contribution < 1.29 is 0 Å². The minimum Gasteiger partial charge on any atom is -0.371 e. The molecule has 0 bridgehead atoms. The Morgan fingerprint density at radius 3 is 2.44 bits per heavy atom. The molecule has 0 spiro atoms. The van der Waals surface area contributed by atoms with Crippen molar-refractivity contribution in [2.45, 2.75) is 47.1 Å². The molecule has 2 rings (SSSR count). The van der Waals surface area contributed by atoms with Crippen molar-refractivity contribution >= 4 is 5.69 Å². The van der Waals surface area contributed by atoms with Crippen LogP contribution in [0.5, 0.6) is 0 Å². The highest BCUT2D eigenvalue weighted by molar-refractivity contribution is 5.56. The molecule has 18 heavy (non-hydrogen) atoms. The van der Waals surface area contributed by atoms with E-state index in [9.17, 15) is 0 Å². The maximum atomic E-state index is 5.89. The summed E-state index contributed by atoms with van der Waals surface area (Å²) in [5.74, 6) is 0. The fourth-order valence-electron chi connectivity index (χ4n) is 2.72. The van der Waals surface area contributed by atoms with E-state index in [-0.39, 0.29) is 0 Å². The van der Waals surface area contributed by atoms with Gasteiger partial charge in [0.25, 0.3) is 0 Å². The first-order chi connectivity index (χ1) is 8.43. The predicted molar refractivity (Wildman–Crippen MR) is 76.8 cm³/mol. The van der Waals surface area contributed by atoms with Crippen molar-refractivity contribution in [3.05, 3.63) is 23.0 Å². The molecular formula is C15H25N3. The molecule has 0 atom stereocenters. The van der Waals surface area contributed by atoms with Crippen LogP contribution in [0.1, 0.15) is 43.6 Å². The zero-order valence-corrected chi connectivity index (χ0v) is 12.1. The van der Waals surface area contributed by atoms with Crippen LogP contribution in [0.2, 0.25) is 0 Å². The summed E-state index contributed by atoms with van der Waals surface area (Å²) >= 11 is 0. The Morgan fingerprint density at radius 2 is 1.89 bits per heavy atom. The lowest BCUT2D eigenvalue weighted by atomic mass is 9.82. The molecule has 1 aliphatic rings. The topological polar surface area (TPSA) is 42.1 Å². The van der Waals surface area contributed by atoms with Gasteiger partial charge in [-0.25, -0.2) is 0 Å². The smallest absolute Gasteiger partial charge is 0.0448 e. The van der Waals surface area contributed by atoms with Crippen LogP contribution in [0.25, 0.3) is 0 Å². The molecule has 1 saturated heterocycles. The molecule has 0 unspecified atom stereocenters. The van der Waals surface area contributed by atoms with Crippen LogP contribution in [0.15, 0.2) is 6.07 Å². The molecule has 2 heterocycles. The maximum Gasteiger partial charge on any atom is 0.0448 e. The van der Waals surface area contributed by atoms with E-state index in [1.807, 2.05) is 0 Å². The summed E-state index contributed by atoms with van der Waals surface area (Å²) in [4.78, 5) is 7.00. The van der Waals surface area contributed by atoms with Crippen molar-refractivity contribution in [2.24, 2.45) is 11.1 Å². The van der Waals surface area contributed by atoms with E-state index in [2.05, 4.69) is 43.6 Å². The normalized spacial score (nSPS) is 19.1. The maximum absolute atomic E-state index is 5.89. The first-order valence-corrected chi connectivity index (χ1v) is 6.85. The molecule has 100 valence electrons. The SMILES string of the molecule is Cc1cc(N2CCC(C)(C)CC2)c(CN)c(C)n1. The van der Waals surface area contributed by atoms with Gasteiger partial charge in [-0.15, -0.1) is 0 Å². The molecule has 3 nitrogen and oxygen atoms in total. The largest absolute Gasteiger partial charge is 0.371 e. The minimum absolute atomic E-state index is 0.483. The van der Waals surface area contributed by atoms with Gasteiger partial charge in [-0.1, -0.05) is 13.8 Å². The van der Waals surface area contributed by atoms with Gasteiger partial charge in [-0.05, 0) is 38.2 Å². The highest BCUT2D eigenvalue weighted by Crippen LogP contribution is 2.34. The Balaban J connectivity index is 2.28. The van der Waals surface area contributed by atoms with E-state index in [1.54, 1.807) is 0 Å². The van der Waals surface area contributed by atoms with E-state index in [0.717, 1.165) is 24.5 Å². The highest BCUT2D eigenvalue weighted by atomic mass is 15.1. The first kappa shape index (κ1) is 13.3. The molecule has 3 heteroatoms. The Morgan fingerprint density at radius 1 is 1.28 bits per heavy atom. The Kier molecular flexibility index (Phi) is 3.62. The fourth-order valence-corrected chi connectivity index (χ4v) is 2.72. The zero-order chi connectivity index (χ0) is 13.3. The van der Waals surface area contributed by atoms with Gasteiger partial charge >= 0.3 is 0 Å². The van der Waals surface area contributed by atoms with Crippen LogP contribution < -0.4 is 10.6 Å². The van der Waals surface area contributed by atoms with Crippen molar-refractivity contribution in [1.29, 1.82) is 0 Å². The summed E-state index contributed by atoms with van der Waals surface area (Å²) < 4.78 is 0. The molecular weight excluding hydrogens is 222 g/mol. The molecule has 0 aliphatic carbocycles. The van der Waals surface area contributed by atoms with Gasteiger partial charge in [0.2, 0.25) is 0 Å². The number of hydrogen-bond acceptors (Lipinski definition) is 3.